The highest BCUT2D eigenvalue weighted by Gasteiger charge is 2.15. The van der Waals surface area contributed by atoms with Crippen LogP contribution in [0.15, 0.2) is 18.2 Å². The van der Waals surface area contributed by atoms with E-state index in [1.807, 2.05) is 0 Å². The molecule has 0 heterocycles. The number of halogens is 1. The number of carbonyl (C=O) groups is 2. The van der Waals surface area contributed by atoms with Crippen LogP contribution < -0.4 is 5.32 Å². The van der Waals surface area contributed by atoms with Crippen LogP contribution in [0.2, 0.25) is 5.02 Å². The molecule has 4 nitrogen and oxygen atoms in total. The SMILES string of the molecule is CC#CC(=O)Nc1cccc(Cl)c1C(=O)O. The average molecular weight is 238 g/mol. The maximum absolute atomic E-state index is 11.2. The fourth-order valence-electron chi connectivity index (χ4n) is 1.11. The number of carbonyl (C=O) groups excluding carboxylic acids is 1. The number of aromatic carboxylic acids is 1. The summed E-state index contributed by atoms with van der Waals surface area (Å²) in [7, 11) is 0. The van der Waals surface area contributed by atoms with Crippen molar-refractivity contribution >= 4 is 29.2 Å². The molecule has 1 aromatic rings. The highest BCUT2D eigenvalue weighted by Crippen LogP contribution is 2.24. The van der Waals surface area contributed by atoms with Gasteiger partial charge in [0.2, 0.25) is 0 Å². The molecule has 5 heteroatoms. The van der Waals surface area contributed by atoms with Gasteiger partial charge in [-0.1, -0.05) is 23.6 Å². The Hall–Kier alpha value is -1.99. The number of rotatable bonds is 2. The molecule has 0 saturated heterocycles. The zero-order valence-corrected chi connectivity index (χ0v) is 9.13. The lowest BCUT2D eigenvalue weighted by atomic mass is 10.2. The molecule has 0 radical (unpaired) electrons. The molecule has 0 aliphatic heterocycles. The highest BCUT2D eigenvalue weighted by molar-refractivity contribution is 6.34. The standard InChI is InChI=1S/C11H8ClNO3/c1-2-4-9(14)13-8-6-3-5-7(12)10(8)11(15)16/h3,5-6H,1H3,(H,13,14)(H,15,16). The zero-order valence-electron chi connectivity index (χ0n) is 8.37. The van der Waals surface area contributed by atoms with Crippen molar-refractivity contribution in [3.05, 3.63) is 28.8 Å². The molecule has 0 aliphatic carbocycles. The van der Waals surface area contributed by atoms with E-state index in [1.54, 1.807) is 6.07 Å². The normalized spacial score (nSPS) is 8.88. The molecule has 16 heavy (non-hydrogen) atoms. The Bertz CT molecular complexity index is 500. The van der Waals surface area contributed by atoms with Gasteiger partial charge >= 0.3 is 5.97 Å². The van der Waals surface area contributed by atoms with Gasteiger partial charge in [0.1, 0.15) is 5.56 Å². The second-order valence-corrected chi connectivity index (χ2v) is 3.20. The third-order valence-corrected chi connectivity index (χ3v) is 2.03. The van der Waals surface area contributed by atoms with Gasteiger partial charge in [-0.15, -0.1) is 0 Å². The molecule has 1 aromatic carbocycles. The highest BCUT2D eigenvalue weighted by atomic mass is 35.5. The van der Waals surface area contributed by atoms with E-state index in [4.69, 9.17) is 16.7 Å². The minimum Gasteiger partial charge on any atom is -0.478 e. The minimum absolute atomic E-state index is 0.0646. The Morgan fingerprint density at radius 2 is 2.12 bits per heavy atom. The second kappa shape index (κ2) is 5.19. The first-order valence-electron chi connectivity index (χ1n) is 4.31. The summed E-state index contributed by atoms with van der Waals surface area (Å²) < 4.78 is 0. The Labute approximate surface area is 97.2 Å². The molecule has 0 saturated carbocycles. The summed E-state index contributed by atoms with van der Waals surface area (Å²) in [4.78, 5) is 22.1. The predicted octanol–water partition coefficient (Wildman–Crippen LogP) is 2.00. The van der Waals surface area contributed by atoms with Gasteiger partial charge in [0.25, 0.3) is 5.91 Å². The number of amides is 1. The van der Waals surface area contributed by atoms with E-state index < -0.39 is 11.9 Å². The van der Waals surface area contributed by atoms with Gasteiger partial charge in [-0.05, 0) is 25.0 Å². The molecule has 0 fully saturated rings. The minimum atomic E-state index is -1.20. The lowest BCUT2D eigenvalue weighted by Gasteiger charge is -2.06. The van der Waals surface area contributed by atoms with E-state index in [1.165, 1.54) is 19.1 Å². The molecule has 0 spiro atoms. The van der Waals surface area contributed by atoms with Gasteiger partial charge in [-0.2, -0.15) is 0 Å². The van der Waals surface area contributed by atoms with E-state index in [0.717, 1.165) is 0 Å². The Balaban J connectivity index is 3.12. The molecule has 2 N–H and O–H groups in total. The maximum Gasteiger partial charge on any atom is 0.339 e. The van der Waals surface area contributed by atoms with E-state index in [9.17, 15) is 9.59 Å². The van der Waals surface area contributed by atoms with Crippen LogP contribution >= 0.6 is 11.6 Å². The second-order valence-electron chi connectivity index (χ2n) is 2.80. The molecule has 0 aliphatic rings. The summed E-state index contributed by atoms with van der Waals surface area (Å²) in [5.41, 5.74) is -0.0110. The summed E-state index contributed by atoms with van der Waals surface area (Å²) >= 11 is 5.72. The van der Waals surface area contributed by atoms with Crippen LogP contribution in [-0.2, 0) is 4.79 Å². The number of hydrogen-bond acceptors (Lipinski definition) is 2. The fourth-order valence-corrected chi connectivity index (χ4v) is 1.37. The van der Waals surface area contributed by atoms with Crippen molar-refractivity contribution < 1.29 is 14.7 Å². The first-order chi connectivity index (χ1) is 7.56. The van der Waals surface area contributed by atoms with Crippen molar-refractivity contribution in [1.29, 1.82) is 0 Å². The summed E-state index contributed by atoms with van der Waals surface area (Å²) in [5, 5.41) is 11.3. The Morgan fingerprint density at radius 1 is 1.44 bits per heavy atom. The monoisotopic (exact) mass is 237 g/mol. The molecule has 82 valence electrons. The fraction of sp³-hybridized carbons (Fsp3) is 0.0909. The van der Waals surface area contributed by atoms with Crippen LogP contribution in [0.1, 0.15) is 17.3 Å². The topological polar surface area (TPSA) is 66.4 Å². The van der Waals surface area contributed by atoms with Gasteiger partial charge in [-0.3, -0.25) is 4.79 Å². The first kappa shape index (κ1) is 12.1. The van der Waals surface area contributed by atoms with Gasteiger partial charge in [0.05, 0.1) is 10.7 Å². The number of benzene rings is 1. The van der Waals surface area contributed by atoms with Crippen molar-refractivity contribution in [3.8, 4) is 11.8 Å². The maximum atomic E-state index is 11.2. The van der Waals surface area contributed by atoms with Crippen LogP contribution in [0.3, 0.4) is 0 Å². The van der Waals surface area contributed by atoms with Crippen LogP contribution in [0.4, 0.5) is 5.69 Å². The molecule has 0 aromatic heterocycles. The number of carboxylic acid groups (broad SMARTS) is 1. The molecule has 1 amide bonds. The van der Waals surface area contributed by atoms with E-state index in [0.29, 0.717) is 0 Å². The molecule has 0 atom stereocenters. The van der Waals surface area contributed by atoms with Crippen molar-refractivity contribution in [1.82, 2.24) is 0 Å². The summed E-state index contributed by atoms with van der Waals surface area (Å²) in [6.07, 6.45) is 0. The molecule has 0 bridgehead atoms. The van der Waals surface area contributed by atoms with Gasteiger partial charge in [0, 0.05) is 0 Å². The summed E-state index contributed by atoms with van der Waals surface area (Å²) in [5.74, 6) is 2.87. The van der Waals surface area contributed by atoms with Gasteiger partial charge in [0.15, 0.2) is 0 Å². The predicted molar refractivity (Wildman–Crippen MR) is 60.5 cm³/mol. The number of anilines is 1. The van der Waals surface area contributed by atoms with Gasteiger partial charge < -0.3 is 10.4 Å². The smallest absolute Gasteiger partial charge is 0.339 e. The van der Waals surface area contributed by atoms with Crippen LogP contribution in [0.5, 0.6) is 0 Å². The summed E-state index contributed by atoms with van der Waals surface area (Å²) in [6, 6.07) is 4.43. The molecular formula is C11H8ClNO3. The lowest BCUT2D eigenvalue weighted by Crippen LogP contribution is -2.12. The van der Waals surface area contributed by atoms with Gasteiger partial charge in [-0.25, -0.2) is 4.79 Å². The Morgan fingerprint density at radius 3 is 2.69 bits per heavy atom. The zero-order chi connectivity index (χ0) is 12.1. The number of carboxylic acids is 1. The third kappa shape index (κ3) is 2.75. The first-order valence-corrected chi connectivity index (χ1v) is 4.69. The average Bonchev–Trinajstić information content (AvgIpc) is 2.17. The Kier molecular flexibility index (Phi) is 3.92. The summed E-state index contributed by atoms with van der Waals surface area (Å²) in [6.45, 7) is 1.51. The molecule has 1 rings (SSSR count). The largest absolute Gasteiger partial charge is 0.478 e. The molecular weight excluding hydrogens is 230 g/mol. The lowest BCUT2D eigenvalue weighted by molar-refractivity contribution is -0.111. The number of nitrogens with one attached hydrogen (secondary N) is 1. The van der Waals surface area contributed by atoms with E-state index in [2.05, 4.69) is 17.2 Å². The van der Waals surface area contributed by atoms with Crippen molar-refractivity contribution in [3.63, 3.8) is 0 Å². The van der Waals surface area contributed by atoms with Crippen LogP contribution in [0.25, 0.3) is 0 Å². The molecule has 0 unspecified atom stereocenters. The van der Waals surface area contributed by atoms with Crippen molar-refractivity contribution in [2.45, 2.75) is 6.92 Å². The van der Waals surface area contributed by atoms with E-state index >= 15 is 0 Å². The number of hydrogen-bond donors (Lipinski definition) is 2. The van der Waals surface area contributed by atoms with E-state index in [-0.39, 0.29) is 16.3 Å². The van der Waals surface area contributed by atoms with Crippen molar-refractivity contribution in [2.75, 3.05) is 5.32 Å². The third-order valence-electron chi connectivity index (χ3n) is 1.71. The van der Waals surface area contributed by atoms with Crippen molar-refractivity contribution in [2.24, 2.45) is 0 Å². The van der Waals surface area contributed by atoms with Crippen LogP contribution in [-0.4, -0.2) is 17.0 Å². The quantitative estimate of drug-likeness (QED) is 0.773. The van der Waals surface area contributed by atoms with Crippen LogP contribution in [0, 0.1) is 11.8 Å².